The van der Waals surface area contributed by atoms with Crippen molar-refractivity contribution in [2.75, 3.05) is 22.8 Å². The van der Waals surface area contributed by atoms with Crippen LogP contribution >= 0.6 is 0 Å². The Balaban J connectivity index is 1.70. The number of nitrogens with zero attached hydrogens (tertiary/aromatic N) is 3. The lowest BCUT2D eigenvalue weighted by atomic mass is 10.2. The van der Waals surface area contributed by atoms with Gasteiger partial charge >= 0.3 is 5.69 Å². The number of ether oxygens (including phenoxy) is 1. The summed E-state index contributed by atoms with van der Waals surface area (Å²) >= 11 is 0. The summed E-state index contributed by atoms with van der Waals surface area (Å²) in [5, 5.41) is 2.76. The number of imidazole rings is 1. The number of carbonyl (C=O) groups excluding carboxylic acids is 1. The minimum atomic E-state index is -4.10. The van der Waals surface area contributed by atoms with Crippen LogP contribution < -0.4 is 20.0 Å². The van der Waals surface area contributed by atoms with Gasteiger partial charge in [0.1, 0.15) is 12.3 Å². The van der Waals surface area contributed by atoms with Crippen LogP contribution in [0.2, 0.25) is 0 Å². The van der Waals surface area contributed by atoms with E-state index >= 15 is 0 Å². The molecule has 0 saturated heterocycles. The lowest BCUT2D eigenvalue weighted by molar-refractivity contribution is -0.114. The fourth-order valence-corrected chi connectivity index (χ4v) is 5.42. The molecular weight excluding hydrogens is 480 g/mol. The smallest absolute Gasteiger partial charge is 0.328 e. The van der Waals surface area contributed by atoms with E-state index in [0.29, 0.717) is 23.6 Å². The first-order chi connectivity index (χ1) is 17.1. The van der Waals surface area contributed by atoms with Crippen LogP contribution in [-0.2, 0) is 28.9 Å². The maximum atomic E-state index is 13.7. The molecule has 0 aliphatic heterocycles. The number of sulfonamides is 1. The Morgan fingerprint density at radius 3 is 2.33 bits per heavy atom. The fourth-order valence-electron chi connectivity index (χ4n) is 3.99. The van der Waals surface area contributed by atoms with Crippen molar-refractivity contribution in [2.45, 2.75) is 18.7 Å². The zero-order valence-corrected chi connectivity index (χ0v) is 21.4. The number of anilines is 2. The predicted octanol–water partition coefficient (Wildman–Crippen LogP) is 3.42. The molecule has 1 heterocycles. The molecule has 1 N–H and O–H groups in total. The summed E-state index contributed by atoms with van der Waals surface area (Å²) < 4.78 is 37.1. The Morgan fingerprint density at radius 1 is 0.972 bits per heavy atom. The number of para-hydroxylation sites is 2. The highest BCUT2D eigenvalue weighted by molar-refractivity contribution is 7.92. The highest BCUT2D eigenvalue weighted by Gasteiger charge is 2.29. The highest BCUT2D eigenvalue weighted by atomic mass is 32.2. The fraction of sp³-hybridized carbons (Fsp3) is 0.231. The maximum Gasteiger partial charge on any atom is 0.328 e. The molecule has 0 atom stereocenters. The summed E-state index contributed by atoms with van der Waals surface area (Å²) in [6.07, 6.45) is 0. The van der Waals surface area contributed by atoms with Crippen LogP contribution in [0.5, 0.6) is 5.75 Å². The van der Waals surface area contributed by atoms with E-state index in [1.165, 1.54) is 21.3 Å². The van der Waals surface area contributed by atoms with Crippen molar-refractivity contribution in [3.63, 3.8) is 0 Å². The summed E-state index contributed by atoms with van der Waals surface area (Å²) in [7, 11) is -0.776. The molecule has 36 heavy (non-hydrogen) atoms. The number of nitrogens with one attached hydrogen (secondary N) is 1. The summed E-state index contributed by atoms with van der Waals surface area (Å²) in [6.45, 7) is 3.52. The minimum absolute atomic E-state index is 0.0629. The largest absolute Gasteiger partial charge is 0.492 e. The van der Waals surface area contributed by atoms with Crippen LogP contribution in [-0.4, -0.2) is 36.6 Å². The molecule has 10 heteroatoms. The van der Waals surface area contributed by atoms with Crippen LogP contribution in [0, 0.1) is 6.92 Å². The number of aryl methyl sites for hydroxylation is 3. The summed E-state index contributed by atoms with van der Waals surface area (Å²) in [5.74, 6) is -0.193. The highest BCUT2D eigenvalue weighted by Crippen LogP contribution is 2.32. The molecule has 0 fully saturated rings. The van der Waals surface area contributed by atoms with E-state index in [0.717, 1.165) is 15.4 Å². The zero-order chi connectivity index (χ0) is 26.0. The third kappa shape index (κ3) is 4.72. The maximum absolute atomic E-state index is 13.7. The number of hydrogen-bond acceptors (Lipinski definition) is 5. The summed E-state index contributed by atoms with van der Waals surface area (Å²) in [5.41, 5.74) is 2.80. The molecule has 1 amide bonds. The lowest BCUT2D eigenvalue weighted by Gasteiger charge is -2.26. The van der Waals surface area contributed by atoms with Crippen molar-refractivity contribution in [1.29, 1.82) is 0 Å². The molecule has 0 unspecified atom stereocenters. The Morgan fingerprint density at radius 2 is 1.64 bits per heavy atom. The van der Waals surface area contributed by atoms with Gasteiger partial charge in [0, 0.05) is 19.8 Å². The summed E-state index contributed by atoms with van der Waals surface area (Å²) in [6, 6.07) is 18.2. The van der Waals surface area contributed by atoms with Crippen LogP contribution in [0.3, 0.4) is 0 Å². The second-order valence-corrected chi connectivity index (χ2v) is 10.2. The monoisotopic (exact) mass is 508 g/mol. The van der Waals surface area contributed by atoms with Crippen molar-refractivity contribution in [2.24, 2.45) is 14.1 Å². The van der Waals surface area contributed by atoms with Crippen molar-refractivity contribution in [1.82, 2.24) is 9.13 Å². The van der Waals surface area contributed by atoms with Gasteiger partial charge in [-0.05, 0) is 56.3 Å². The van der Waals surface area contributed by atoms with E-state index in [1.807, 2.05) is 6.92 Å². The molecule has 0 radical (unpaired) electrons. The van der Waals surface area contributed by atoms with E-state index < -0.39 is 22.5 Å². The lowest BCUT2D eigenvalue weighted by Crippen LogP contribution is -2.38. The number of hydrogen-bond donors (Lipinski definition) is 1. The molecule has 9 nitrogen and oxygen atoms in total. The molecule has 0 bridgehead atoms. The standard InChI is InChI=1S/C26H28N4O5S/c1-5-35-24-9-7-6-8-22(24)30(36(33,34)20-13-10-18(2)11-14-20)17-25(31)27-19-12-15-21-23(16-19)29(4)26(32)28(21)3/h6-16H,5,17H2,1-4H3,(H,27,31). The number of aromatic nitrogens is 2. The van der Waals surface area contributed by atoms with Crippen LogP contribution in [0.15, 0.2) is 76.4 Å². The first kappa shape index (κ1) is 25.1. The average Bonchev–Trinajstić information content (AvgIpc) is 3.07. The van der Waals surface area contributed by atoms with Gasteiger partial charge in [-0.3, -0.25) is 18.2 Å². The van der Waals surface area contributed by atoms with Gasteiger partial charge in [0.05, 0.1) is 28.2 Å². The van der Waals surface area contributed by atoms with Crippen LogP contribution in [0.1, 0.15) is 12.5 Å². The van der Waals surface area contributed by atoms with Gasteiger partial charge in [-0.1, -0.05) is 29.8 Å². The first-order valence-corrected chi connectivity index (χ1v) is 12.8. The number of amides is 1. The van der Waals surface area contributed by atoms with Crippen LogP contribution in [0.4, 0.5) is 11.4 Å². The molecular formula is C26H28N4O5S. The van der Waals surface area contributed by atoms with E-state index in [-0.39, 0.29) is 16.3 Å². The molecule has 0 spiro atoms. The predicted molar refractivity (Wildman–Crippen MR) is 140 cm³/mol. The minimum Gasteiger partial charge on any atom is -0.492 e. The first-order valence-electron chi connectivity index (χ1n) is 11.4. The van der Waals surface area contributed by atoms with E-state index in [4.69, 9.17) is 4.74 Å². The second kappa shape index (κ2) is 9.90. The van der Waals surface area contributed by atoms with Gasteiger partial charge in [0.25, 0.3) is 10.0 Å². The third-order valence-corrected chi connectivity index (χ3v) is 7.66. The Bertz CT molecular complexity index is 1590. The molecule has 1 aromatic heterocycles. The third-order valence-electron chi connectivity index (χ3n) is 5.89. The average molecular weight is 509 g/mol. The topological polar surface area (TPSA) is 103 Å². The molecule has 4 rings (SSSR count). The van der Waals surface area contributed by atoms with Crippen molar-refractivity contribution >= 4 is 38.3 Å². The molecule has 0 saturated carbocycles. The van der Waals surface area contributed by atoms with E-state index in [2.05, 4.69) is 5.32 Å². The van der Waals surface area contributed by atoms with Crippen molar-refractivity contribution < 1.29 is 17.9 Å². The Kier molecular flexibility index (Phi) is 6.89. The zero-order valence-electron chi connectivity index (χ0n) is 20.6. The normalized spacial score (nSPS) is 11.4. The molecule has 4 aromatic rings. The molecule has 0 aliphatic rings. The summed E-state index contributed by atoms with van der Waals surface area (Å²) in [4.78, 5) is 25.5. The van der Waals surface area contributed by atoms with E-state index in [9.17, 15) is 18.0 Å². The number of carbonyl (C=O) groups is 1. The number of fused-ring (bicyclic) bond motifs is 1. The molecule has 188 valence electrons. The van der Waals surface area contributed by atoms with Crippen molar-refractivity contribution in [3.8, 4) is 5.75 Å². The number of benzene rings is 3. The van der Waals surface area contributed by atoms with Gasteiger partial charge in [-0.15, -0.1) is 0 Å². The molecule has 3 aromatic carbocycles. The van der Waals surface area contributed by atoms with Gasteiger partial charge in [-0.25, -0.2) is 13.2 Å². The van der Waals surface area contributed by atoms with Gasteiger partial charge in [0.15, 0.2) is 0 Å². The number of rotatable bonds is 8. The quantitative estimate of drug-likeness (QED) is 0.393. The Labute approximate surface area is 209 Å². The Hall–Kier alpha value is -4.05. The van der Waals surface area contributed by atoms with E-state index in [1.54, 1.807) is 75.6 Å². The van der Waals surface area contributed by atoms with Crippen molar-refractivity contribution in [3.05, 3.63) is 82.8 Å². The van der Waals surface area contributed by atoms with Gasteiger partial charge < -0.3 is 10.1 Å². The van der Waals surface area contributed by atoms with Gasteiger partial charge in [-0.2, -0.15) is 0 Å². The SMILES string of the molecule is CCOc1ccccc1N(CC(=O)Nc1ccc2c(c1)n(C)c(=O)n2C)S(=O)(=O)c1ccc(C)cc1. The second-order valence-electron chi connectivity index (χ2n) is 8.38. The van der Waals surface area contributed by atoms with Gasteiger partial charge in [0.2, 0.25) is 5.91 Å². The van der Waals surface area contributed by atoms with Crippen LogP contribution in [0.25, 0.3) is 11.0 Å². The molecule has 0 aliphatic carbocycles.